The summed E-state index contributed by atoms with van der Waals surface area (Å²) in [5, 5.41) is 12.5. The Hall–Kier alpha value is -2.12. The van der Waals surface area contributed by atoms with E-state index in [2.05, 4.69) is 11.4 Å². The Balaban J connectivity index is 2.13. The Labute approximate surface area is 123 Å². The molecule has 1 unspecified atom stereocenters. The van der Waals surface area contributed by atoms with Gasteiger partial charge in [-0.25, -0.2) is 0 Å². The van der Waals surface area contributed by atoms with Crippen molar-refractivity contribution in [1.82, 2.24) is 0 Å². The summed E-state index contributed by atoms with van der Waals surface area (Å²) in [4.78, 5) is 1.19. The van der Waals surface area contributed by atoms with Crippen molar-refractivity contribution in [1.29, 1.82) is 5.26 Å². The van der Waals surface area contributed by atoms with Gasteiger partial charge in [-0.1, -0.05) is 12.1 Å². The maximum atomic E-state index is 9.33. The second-order valence-electron chi connectivity index (χ2n) is 4.21. The van der Waals surface area contributed by atoms with Crippen molar-refractivity contribution in [3.63, 3.8) is 0 Å². The molecule has 0 fully saturated rings. The number of thioether (sulfide) groups is 1. The van der Waals surface area contributed by atoms with Crippen LogP contribution < -0.4 is 10.1 Å². The minimum absolute atomic E-state index is 0.362. The summed E-state index contributed by atoms with van der Waals surface area (Å²) >= 11 is 1.69. The lowest BCUT2D eigenvalue weighted by Crippen LogP contribution is -2.08. The summed E-state index contributed by atoms with van der Waals surface area (Å²) in [5.74, 6) is 0.799. The number of nitrogens with zero attached hydrogens (tertiary/aromatic N) is 1. The quantitative estimate of drug-likeness (QED) is 0.840. The van der Waals surface area contributed by atoms with E-state index in [0.29, 0.717) is 0 Å². The highest BCUT2D eigenvalue weighted by atomic mass is 32.2. The van der Waals surface area contributed by atoms with Crippen LogP contribution in [0.1, 0.15) is 11.6 Å². The minimum Gasteiger partial charge on any atom is -0.497 e. The average Bonchev–Trinajstić information content (AvgIpc) is 2.53. The molecular weight excluding hydrogens is 268 g/mol. The number of hydrogen-bond acceptors (Lipinski definition) is 4. The predicted molar refractivity (Wildman–Crippen MR) is 83.2 cm³/mol. The van der Waals surface area contributed by atoms with E-state index in [1.165, 1.54) is 4.90 Å². The van der Waals surface area contributed by atoms with E-state index in [1.54, 1.807) is 18.9 Å². The molecule has 0 bridgehead atoms. The molecule has 2 aromatic rings. The molecule has 0 saturated carbocycles. The normalized spacial score (nSPS) is 11.4. The molecule has 0 aromatic heterocycles. The van der Waals surface area contributed by atoms with Crippen molar-refractivity contribution < 1.29 is 4.74 Å². The zero-order valence-electron chi connectivity index (χ0n) is 11.5. The summed E-state index contributed by atoms with van der Waals surface area (Å²) in [5.41, 5.74) is 1.85. The molecule has 0 spiro atoms. The molecule has 0 aliphatic heterocycles. The molecule has 0 aliphatic rings. The molecule has 0 radical (unpaired) electrons. The average molecular weight is 284 g/mol. The standard InChI is InChI=1S/C16H16N2OS/c1-19-14-7-5-13(6-8-14)18-16(11-17)12-3-9-15(20-2)10-4-12/h3-10,16,18H,1-2H3. The lowest BCUT2D eigenvalue weighted by atomic mass is 10.1. The van der Waals surface area contributed by atoms with Crippen molar-refractivity contribution >= 4 is 17.4 Å². The van der Waals surface area contributed by atoms with Crippen LogP contribution in [0.4, 0.5) is 5.69 Å². The molecule has 3 nitrogen and oxygen atoms in total. The van der Waals surface area contributed by atoms with E-state index >= 15 is 0 Å². The Morgan fingerprint density at radius 3 is 2.25 bits per heavy atom. The van der Waals surface area contributed by atoms with Crippen molar-refractivity contribution in [2.75, 3.05) is 18.7 Å². The fourth-order valence-electron chi connectivity index (χ4n) is 1.84. The van der Waals surface area contributed by atoms with Gasteiger partial charge in [0.05, 0.1) is 13.2 Å². The second kappa shape index (κ2) is 6.88. The van der Waals surface area contributed by atoms with Crippen LogP contribution >= 0.6 is 11.8 Å². The first-order valence-electron chi connectivity index (χ1n) is 6.21. The maximum Gasteiger partial charge on any atom is 0.140 e. The van der Waals surface area contributed by atoms with Gasteiger partial charge in [0.2, 0.25) is 0 Å². The van der Waals surface area contributed by atoms with Gasteiger partial charge in [0.25, 0.3) is 0 Å². The van der Waals surface area contributed by atoms with Gasteiger partial charge < -0.3 is 10.1 Å². The number of benzene rings is 2. The van der Waals surface area contributed by atoms with Gasteiger partial charge in [-0.15, -0.1) is 11.8 Å². The van der Waals surface area contributed by atoms with Crippen LogP contribution in [-0.2, 0) is 0 Å². The summed E-state index contributed by atoms with van der Waals surface area (Å²) in [6.45, 7) is 0. The highest BCUT2D eigenvalue weighted by molar-refractivity contribution is 7.98. The van der Waals surface area contributed by atoms with E-state index in [1.807, 2.05) is 54.8 Å². The van der Waals surface area contributed by atoms with Crippen molar-refractivity contribution in [2.45, 2.75) is 10.9 Å². The first-order valence-corrected chi connectivity index (χ1v) is 7.43. The van der Waals surface area contributed by atoms with Gasteiger partial charge in [-0.05, 0) is 48.2 Å². The van der Waals surface area contributed by atoms with Crippen molar-refractivity contribution in [3.05, 3.63) is 54.1 Å². The summed E-state index contributed by atoms with van der Waals surface area (Å²) < 4.78 is 5.12. The molecule has 102 valence electrons. The third-order valence-corrected chi connectivity index (χ3v) is 3.72. The Kier molecular flexibility index (Phi) is 4.91. The molecule has 0 heterocycles. The molecule has 1 atom stereocenters. The highest BCUT2D eigenvalue weighted by Gasteiger charge is 2.10. The van der Waals surface area contributed by atoms with E-state index in [0.717, 1.165) is 17.0 Å². The van der Waals surface area contributed by atoms with Gasteiger partial charge in [-0.3, -0.25) is 0 Å². The summed E-state index contributed by atoms with van der Waals surface area (Å²) in [6, 6.07) is 17.5. The monoisotopic (exact) mass is 284 g/mol. The van der Waals surface area contributed by atoms with Crippen LogP contribution in [0, 0.1) is 11.3 Å². The third-order valence-electron chi connectivity index (χ3n) is 2.98. The summed E-state index contributed by atoms with van der Waals surface area (Å²) in [7, 11) is 1.63. The highest BCUT2D eigenvalue weighted by Crippen LogP contribution is 2.23. The van der Waals surface area contributed by atoms with Crippen molar-refractivity contribution in [3.8, 4) is 11.8 Å². The van der Waals surface area contributed by atoms with Gasteiger partial charge in [-0.2, -0.15) is 5.26 Å². The van der Waals surface area contributed by atoms with Crippen molar-refractivity contribution in [2.24, 2.45) is 0 Å². The molecule has 20 heavy (non-hydrogen) atoms. The van der Waals surface area contributed by atoms with Crippen LogP contribution in [-0.4, -0.2) is 13.4 Å². The fourth-order valence-corrected chi connectivity index (χ4v) is 2.25. The Bertz CT molecular complexity index is 587. The van der Waals surface area contributed by atoms with Crippen LogP contribution in [0.5, 0.6) is 5.75 Å². The van der Waals surface area contributed by atoms with Crippen LogP contribution in [0.3, 0.4) is 0 Å². The summed E-state index contributed by atoms with van der Waals surface area (Å²) in [6.07, 6.45) is 2.03. The molecule has 2 aromatic carbocycles. The molecule has 0 amide bonds. The van der Waals surface area contributed by atoms with Gasteiger partial charge in [0.15, 0.2) is 0 Å². The van der Waals surface area contributed by atoms with E-state index < -0.39 is 0 Å². The zero-order valence-corrected chi connectivity index (χ0v) is 12.3. The lowest BCUT2D eigenvalue weighted by Gasteiger charge is -2.14. The number of ether oxygens (including phenoxy) is 1. The first kappa shape index (κ1) is 14.3. The van der Waals surface area contributed by atoms with E-state index in [4.69, 9.17) is 4.74 Å². The van der Waals surface area contributed by atoms with Crippen LogP contribution in [0.2, 0.25) is 0 Å². The molecule has 0 aliphatic carbocycles. The fraction of sp³-hybridized carbons (Fsp3) is 0.188. The van der Waals surface area contributed by atoms with Gasteiger partial charge >= 0.3 is 0 Å². The predicted octanol–water partition coefficient (Wildman–Crippen LogP) is 4.09. The second-order valence-corrected chi connectivity index (χ2v) is 5.09. The van der Waals surface area contributed by atoms with E-state index in [-0.39, 0.29) is 6.04 Å². The number of hydrogen-bond donors (Lipinski definition) is 1. The molecule has 2 rings (SSSR count). The number of anilines is 1. The van der Waals surface area contributed by atoms with Gasteiger partial charge in [0.1, 0.15) is 11.8 Å². The SMILES string of the molecule is COc1ccc(NC(C#N)c2ccc(SC)cc2)cc1. The van der Waals surface area contributed by atoms with Crippen LogP contribution in [0.15, 0.2) is 53.4 Å². The smallest absolute Gasteiger partial charge is 0.140 e. The Morgan fingerprint density at radius 2 is 1.75 bits per heavy atom. The van der Waals surface area contributed by atoms with Gasteiger partial charge in [0, 0.05) is 10.6 Å². The molecule has 0 saturated heterocycles. The number of nitrogens with one attached hydrogen (secondary N) is 1. The number of nitriles is 1. The number of rotatable bonds is 5. The molecule has 1 N–H and O–H groups in total. The molecular formula is C16H16N2OS. The maximum absolute atomic E-state index is 9.33. The van der Waals surface area contributed by atoms with Crippen LogP contribution in [0.25, 0.3) is 0 Å². The zero-order chi connectivity index (χ0) is 14.4. The Morgan fingerprint density at radius 1 is 1.10 bits per heavy atom. The minimum atomic E-state index is -0.362. The molecule has 4 heteroatoms. The largest absolute Gasteiger partial charge is 0.497 e. The first-order chi connectivity index (χ1) is 9.76. The van der Waals surface area contributed by atoms with E-state index in [9.17, 15) is 5.26 Å². The number of methoxy groups -OCH3 is 1. The topological polar surface area (TPSA) is 45.0 Å². The third kappa shape index (κ3) is 3.46. The lowest BCUT2D eigenvalue weighted by molar-refractivity contribution is 0.415.